The number of rotatable bonds is 10. The predicted octanol–water partition coefficient (Wildman–Crippen LogP) is 3.54. The molecule has 34 heavy (non-hydrogen) atoms. The molecule has 0 spiro atoms. The van der Waals surface area contributed by atoms with Crippen LogP contribution in [0.2, 0.25) is 0 Å². The molecule has 0 bridgehead atoms. The van der Waals surface area contributed by atoms with E-state index in [0.29, 0.717) is 23.4 Å². The average Bonchev–Trinajstić information content (AvgIpc) is 2.86. The van der Waals surface area contributed by atoms with E-state index in [2.05, 4.69) is 25.2 Å². The Hall–Kier alpha value is -3.08. The summed E-state index contributed by atoms with van der Waals surface area (Å²) in [5, 5.41) is 23.4. The molecule has 1 unspecified atom stereocenters. The number of ether oxygens (including phenoxy) is 2. The Kier molecular flexibility index (Phi) is 8.91. The molecule has 1 saturated heterocycles. The standard InChI is InChI=1S/C27H35N3O4/c1-27(2,16-20-7-10-24(33-3)11-8-20)29-18-23(31)19-34-25-12-9-21(15-22(25)17-28)26(32)30-13-5-4-6-14-30/h7-12,15,23,29,31H,4-6,13-14,16,18-19H2,1-3H3. The van der Waals surface area contributed by atoms with Crippen LogP contribution in [0.1, 0.15) is 54.6 Å². The quantitative estimate of drug-likeness (QED) is 0.557. The van der Waals surface area contributed by atoms with E-state index in [1.807, 2.05) is 29.2 Å². The molecule has 2 N–H and O–H groups in total. The third-order valence-corrected chi connectivity index (χ3v) is 6.04. The van der Waals surface area contributed by atoms with E-state index in [0.717, 1.165) is 44.5 Å². The Morgan fingerprint density at radius 3 is 2.53 bits per heavy atom. The monoisotopic (exact) mass is 465 g/mol. The normalized spacial score (nSPS) is 14.9. The zero-order valence-corrected chi connectivity index (χ0v) is 20.3. The van der Waals surface area contributed by atoms with E-state index in [9.17, 15) is 15.2 Å². The van der Waals surface area contributed by atoms with Gasteiger partial charge in [-0.2, -0.15) is 5.26 Å². The maximum Gasteiger partial charge on any atom is 0.253 e. The minimum Gasteiger partial charge on any atom is -0.497 e. The summed E-state index contributed by atoms with van der Waals surface area (Å²) in [7, 11) is 1.65. The van der Waals surface area contributed by atoms with Crippen molar-refractivity contribution in [3.8, 4) is 17.6 Å². The highest BCUT2D eigenvalue weighted by Crippen LogP contribution is 2.22. The Balaban J connectivity index is 1.50. The summed E-state index contributed by atoms with van der Waals surface area (Å²) in [6.45, 7) is 6.06. The number of methoxy groups -OCH3 is 1. The van der Waals surface area contributed by atoms with Crippen molar-refractivity contribution in [2.24, 2.45) is 0 Å². The second-order valence-electron chi connectivity index (χ2n) is 9.43. The Morgan fingerprint density at radius 2 is 1.88 bits per heavy atom. The molecule has 3 rings (SSSR count). The van der Waals surface area contributed by atoms with Gasteiger partial charge in [0, 0.05) is 30.7 Å². The average molecular weight is 466 g/mol. The number of aliphatic hydroxyl groups excluding tert-OH is 1. The number of carbonyl (C=O) groups is 1. The van der Waals surface area contributed by atoms with Crippen molar-refractivity contribution in [1.82, 2.24) is 10.2 Å². The first-order chi connectivity index (χ1) is 16.3. The van der Waals surface area contributed by atoms with Gasteiger partial charge in [-0.1, -0.05) is 12.1 Å². The number of carbonyl (C=O) groups excluding carboxylic acids is 1. The largest absolute Gasteiger partial charge is 0.497 e. The lowest BCUT2D eigenvalue weighted by Crippen LogP contribution is -2.46. The zero-order chi connectivity index (χ0) is 24.6. The number of likely N-dealkylation sites (tertiary alicyclic amines) is 1. The molecule has 0 aromatic heterocycles. The summed E-state index contributed by atoms with van der Waals surface area (Å²) < 4.78 is 10.9. The molecule has 0 radical (unpaired) electrons. The molecular formula is C27H35N3O4. The van der Waals surface area contributed by atoms with Crippen molar-refractivity contribution in [2.75, 3.05) is 33.4 Å². The molecule has 2 aromatic carbocycles. The fourth-order valence-corrected chi connectivity index (χ4v) is 4.11. The maximum absolute atomic E-state index is 12.7. The molecule has 1 aliphatic heterocycles. The van der Waals surface area contributed by atoms with Crippen LogP contribution in [-0.2, 0) is 6.42 Å². The van der Waals surface area contributed by atoms with E-state index in [1.54, 1.807) is 25.3 Å². The van der Waals surface area contributed by atoms with Gasteiger partial charge in [0.15, 0.2) is 0 Å². The van der Waals surface area contributed by atoms with E-state index in [4.69, 9.17) is 9.47 Å². The number of hydrogen-bond acceptors (Lipinski definition) is 6. The number of benzene rings is 2. The molecule has 1 atom stereocenters. The molecule has 182 valence electrons. The lowest BCUT2D eigenvalue weighted by molar-refractivity contribution is 0.0724. The second-order valence-corrected chi connectivity index (χ2v) is 9.43. The van der Waals surface area contributed by atoms with Crippen molar-refractivity contribution >= 4 is 5.91 Å². The molecule has 1 amide bonds. The number of nitrogens with one attached hydrogen (secondary N) is 1. The fraction of sp³-hybridized carbons (Fsp3) is 0.481. The molecule has 2 aromatic rings. The van der Waals surface area contributed by atoms with Gasteiger partial charge in [0.25, 0.3) is 5.91 Å². The number of hydrogen-bond donors (Lipinski definition) is 2. The zero-order valence-electron chi connectivity index (χ0n) is 20.3. The van der Waals surface area contributed by atoms with Gasteiger partial charge in [0.1, 0.15) is 30.3 Å². The molecule has 0 aliphatic carbocycles. The third-order valence-electron chi connectivity index (χ3n) is 6.04. The fourth-order valence-electron chi connectivity index (χ4n) is 4.11. The van der Waals surface area contributed by atoms with Crippen molar-refractivity contribution in [3.63, 3.8) is 0 Å². The maximum atomic E-state index is 12.7. The summed E-state index contributed by atoms with van der Waals surface area (Å²) in [6.07, 6.45) is 3.21. The summed E-state index contributed by atoms with van der Waals surface area (Å²) in [5.41, 5.74) is 1.72. The van der Waals surface area contributed by atoms with Gasteiger partial charge in [-0.05, 0) is 75.4 Å². The number of amides is 1. The van der Waals surface area contributed by atoms with Gasteiger partial charge in [0.05, 0.1) is 12.7 Å². The Bertz CT molecular complexity index is 992. The van der Waals surface area contributed by atoms with Crippen LogP contribution in [0.15, 0.2) is 42.5 Å². The van der Waals surface area contributed by atoms with Gasteiger partial charge < -0.3 is 24.8 Å². The van der Waals surface area contributed by atoms with E-state index in [1.165, 1.54) is 5.56 Å². The lowest BCUT2D eigenvalue weighted by atomic mass is 9.94. The minimum absolute atomic E-state index is 0.0414. The van der Waals surface area contributed by atoms with Crippen LogP contribution in [0.4, 0.5) is 0 Å². The number of aliphatic hydroxyl groups is 1. The van der Waals surface area contributed by atoms with Crippen LogP contribution in [-0.4, -0.2) is 60.9 Å². The van der Waals surface area contributed by atoms with Crippen molar-refractivity contribution in [3.05, 3.63) is 59.2 Å². The predicted molar refractivity (Wildman–Crippen MR) is 131 cm³/mol. The number of nitrogens with zero attached hydrogens (tertiary/aromatic N) is 2. The van der Waals surface area contributed by atoms with E-state index in [-0.39, 0.29) is 18.1 Å². The van der Waals surface area contributed by atoms with Crippen LogP contribution < -0.4 is 14.8 Å². The lowest BCUT2D eigenvalue weighted by Gasteiger charge is -2.28. The van der Waals surface area contributed by atoms with Gasteiger partial charge in [-0.3, -0.25) is 4.79 Å². The number of nitriles is 1. The topological polar surface area (TPSA) is 94.8 Å². The van der Waals surface area contributed by atoms with Crippen molar-refractivity contribution in [1.29, 1.82) is 5.26 Å². The van der Waals surface area contributed by atoms with E-state index >= 15 is 0 Å². The molecule has 7 heteroatoms. The summed E-state index contributed by atoms with van der Waals surface area (Å²) in [6, 6.07) is 15.0. The first-order valence-corrected chi connectivity index (χ1v) is 11.8. The summed E-state index contributed by atoms with van der Waals surface area (Å²) >= 11 is 0. The highest BCUT2D eigenvalue weighted by Gasteiger charge is 2.21. The summed E-state index contributed by atoms with van der Waals surface area (Å²) in [4.78, 5) is 14.5. The molecule has 1 aliphatic rings. The van der Waals surface area contributed by atoms with Crippen LogP contribution in [0, 0.1) is 11.3 Å². The Labute approximate surface area is 202 Å². The molecule has 1 heterocycles. The SMILES string of the molecule is COc1ccc(CC(C)(C)NCC(O)COc2ccc(C(=O)N3CCCCC3)cc2C#N)cc1. The number of β-amino-alcohol motifs (C(OH)–C–C–N with tert-alkyl or cyclic N) is 1. The number of piperidine rings is 1. The second kappa shape index (κ2) is 11.9. The Morgan fingerprint density at radius 1 is 1.18 bits per heavy atom. The smallest absolute Gasteiger partial charge is 0.253 e. The first-order valence-electron chi connectivity index (χ1n) is 11.8. The van der Waals surface area contributed by atoms with Gasteiger partial charge in [-0.25, -0.2) is 0 Å². The van der Waals surface area contributed by atoms with Gasteiger partial charge in [0.2, 0.25) is 0 Å². The highest BCUT2D eigenvalue weighted by molar-refractivity contribution is 5.94. The molecular weight excluding hydrogens is 430 g/mol. The molecule has 7 nitrogen and oxygen atoms in total. The third kappa shape index (κ3) is 7.21. The summed E-state index contributed by atoms with van der Waals surface area (Å²) in [5.74, 6) is 1.14. The van der Waals surface area contributed by atoms with Crippen LogP contribution >= 0.6 is 0 Å². The van der Waals surface area contributed by atoms with E-state index < -0.39 is 6.10 Å². The molecule has 1 fully saturated rings. The molecule has 0 saturated carbocycles. The van der Waals surface area contributed by atoms with Crippen LogP contribution in [0.3, 0.4) is 0 Å². The highest BCUT2D eigenvalue weighted by atomic mass is 16.5. The van der Waals surface area contributed by atoms with Crippen LogP contribution in [0.5, 0.6) is 11.5 Å². The first kappa shape index (κ1) is 25.5. The van der Waals surface area contributed by atoms with Gasteiger partial charge >= 0.3 is 0 Å². The van der Waals surface area contributed by atoms with Crippen molar-refractivity contribution < 1.29 is 19.4 Å². The van der Waals surface area contributed by atoms with Gasteiger partial charge in [-0.15, -0.1) is 0 Å². The van der Waals surface area contributed by atoms with Crippen molar-refractivity contribution in [2.45, 2.75) is 51.2 Å². The van der Waals surface area contributed by atoms with Crippen LogP contribution in [0.25, 0.3) is 0 Å². The minimum atomic E-state index is -0.753.